The summed E-state index contributed by atoms with van der Waals surface area (Å²) in [4.78, 5) is 12.7. The van der Waals surface area contributed by atoms with E-state index in [2.05, 4.69) is 16.3 Å². The minimum atomic E-state index is -0.684. The molecule has 2 aromatic heterocycles. The van der Waals surface area contributed by atoms with Crippen LogP contribution in [0.25, 0.3) is 27.7 Å². The number of hydrogen-bond donors (Lipinski definition) is 0. The van der Waals surface area contributed by atoms with Gasteiger partial charge in [0.2, 0.25) is 0 Å². The fourth-order valence-corrected chi connectivity index (χ4v) is 3.99. The maximum Gasteiger partial charge on any atom is 0.163 e. The van der Waals surface area contributed by atoms with Crippen LogP contribution in [0.1, 0.15) is 44.9 Å². The van der Waals surface area contributed by atoms with Gasteiger partial charge in [0.05, 0.1) is 11.1 Å². The van der Waals surface area contributed by atoms with Gasteiger partial charge in [0.25, 0.3) is 0 Å². The van der Waals surface area contributed by atoms with E-state index in [4.69, 9.17) is 16.3 Å². The highest BCUT2D eigenvalue weighted by Gasteiger charge is 2.29. The molecule has 0 spiro atoms. The Morgan fingerprint density at radius 2 is 1.83 bits per heavy atom. The van der Waals surface area contributed by atoms with E-state index in [0.29, 0.717) is 5.02 Å². The molecule has 0 fully saturated rings. The van der Waals surface area contributed by atoms with E-state index >= 15 is 0 Å². The van der Waals surface area contributed by atoms with Crippen LogP contribution in [0.15, 0.2) is 48.8 Å². The van der Waals surface area contributed by atoms with Gasteiger partial charge in [-0.3, -0.25) is 9.20 Å². The number of hydrogen-bond acceptors (Lipinski definition) is 4. The maximum atomic E-state index is 12.7. The Labute approximate surface area is 180 Å². The van der Waals surface area contributed by atoms with Crippen molar-refractivity contribution in [1.29, 1.82) is 0 Å². The first-order chi connectivity index (χ1) is 14.2. The molecular formula is C24H24ClN3O2. The van der Waals surface area contributed by atoms with E-state index in [9.17, 15) is 4.79 Å². The molecule has 0 bridgehead atoms. The minimum Gasteiger partial charge on any atom is -0.360 e. The van der Waals surface area contributed by atoms with Gasteiger partial charge in [-0.15, -0.1) is 10.2 Å². The van der Waals surface area contributed by atoms with Crippen LogP contribution in [0.4, 0.5) is 0 Å². The lowest BCUT2D eigenvalue weighted by Crippen LogP contribution is -2.27. The molecule has 6 heteroatoms. The molecule has 30 heavy (non-hydrogen) atoms. The quantitative estimate of drug-likeness (QED) is 0.408. The van der Waals surface area contributed by atoms with Gasteiger partial charge in [0, 0.05) is 10.4 Å². The summed E-state index contributed by atoms with van der Waals surface area (Å²) < 4.78 is 8.22. The van der Waals surface area contributed by atoms with Crippen LogP contribution in [0, 0.1) is 6.92 Å². The molecule has 0 unspecified atom stereocenters. The highest BCUT2D eigenvalue weighted by Crippen LogP contribution is 2.41. The number of pyridine rings is 1. The number of benzene rings is 2. The Bertz CT molecular complexity index is 1250. The molecule has 0 N–H and O–H groups in total. The van der Waals surface area contributed by atoms with Crippen molar-refractivity contribution in [1.82, 2.24) is 14.6 Å². The molecule has 2 heterocycles. The van der Waals surface area contributed by atoms with Gasteiger partial charge in [-0.1, -0.05) is 23.7 Å². The van der Waals surface area contributed by atoms with Crippen molar-refractivity contribution in [2.75, 3.05) is 0 Å². The summed E-state index contributed by atoms with van der Waals surface area (Å²) in [6, 6.07) is 13.7. The van der Waals surface area contributed by atoms with Crippen molar-refractivity contribution < 1.29 is 9.53 Å². The van der Waals surface area contributed by atoms with Crippen molar-refractivity contribution in [3.05, 3.63) is 64.9 Å². The SMILES string of the molecule is CC(=O)[C@@H](OC(C)(C)C)c1c(C)cc2c(ccc3nncn32)c1-c1ccc(Cl)cc1. The van der Waals surface area contributed by atoms with Gasteiger partial charge in [-0.05, 0) is 87.2 Å². The molecule has 4 aromatic rings. The molecule has 154 valence electrons. The number of carbonyl (C=O) groups excluding carboxylic acids is 1. The number of rotatable bonds is 4. The number of aromatic nitrogens is 3. The molecule has 0 saturated carbocycles. The zero-order valence-electron chi connectivity index (χ0n) is 17.7. The molecule has 0 aliphatic rings. The lowest BCUT2D eigenvalue weighted by molar-refractivity contribution is -0.138. The largest absolute Gasteiger partial charge is 0.360 e. The van der Waals surface area contributed by atoms with E-state index < -0.39 is 11.7 Å². The number of aryl methyl sites for hydroxylation is 1. The van der Waals surface area contributed by atoms with Crippen LogP contribution in [0.2, 0.25) is 5.02 Å². The summed E-state index contributed by atoms with van der Waals surface area (Å²) in [5.41, 5.74) is 5.04. The van der Waals surface area contributed by atoms with Crippen molar-refractivity contribution in [2.24, 2.45) is 0 Å². The van der Waals surface area contributed by atoms with Gasteiger partial charge in [-0.2, -0.15) is 0 Å². The van der Waals surface area contributed by atoms with Crippen molar-refractivity contribution in [2.45, 2.75) is 46.3 Å². The third-order valence-electron chi connectivity index (χ3n) is 5.06. The molecule has 0 radical (unpaired) electrons. The normalized spacial score (nSPS) is 13.1. The first kappa shape index (κ1) is 20.5. The van der Waals surface area contributed by atoms with E-state index in [1.165, 1.54) is 0 Å². The zero-order valence-corrected chi connectivity index (χ0v) is 18.5. The average Bonchev–Trinajstić information content (AvgIpc) is 3.14. The summed E-state index contributed by atoms with van der Waals surface area (Å²) in [7, 11) is 0. The third kappa shape index (κ3) is 3.71. The monoisotopic (exact) mass is 421 g/mol. The smallest absolute Gasteiger partial charge is 0.163 e. The van der Waals surface area contributed by atoms with Gasteiger partial charge >= 0.3 is 0 Å². The first-order valence-electron chi connectivity index (χ1n) is 9.86. The zero-order chi connectivity index (χ0) is 21.6. The molecule has 5 nitrogen and oxygen atoms in total. The summed E-state index contributed by atoms with van der Waals surface area (Å²) in [5.74, 6) is -0.0343. The average molecular weight is 422 g/mol. The lowest BCUT2D eigenvalue weighted by atomic mass is 9.87. The minimum absolute atomic E-state index is 0.0343. The fourth-order valence-electron chi connectivity index (χ4n) is 3.86. The molecular weight excluding hydrogens is 398 g/mol. The second-order valence-corrected chi connectivity index (χ2v) is 8.97. The van der Waals surface area contributed by atoms with Gasteiger partial charge in [0.1, 0.15) is 12.4 Å². The first-order valence-corrected chi connectivity index (χ1v) is 10.2. The van der Waals surface area contributed by atoms with Gasteiger partial charge in [0.15, 0.2) is 11.4 Å². The topological polar surface area (TPSA) is 56.5 Å². The number of nitrogens with zero attached hydrogens (tertiary/aromatic N) is 3. The predicted molar refractivity (Wildman–Crippen MR) is 120 cm³/mol. The number of ketones is 1. The van der Waals surface area contributed by atoms with Crippen LogP contribution in [-0.2, 0) is 9.53 Å². The Hall–Kier alpha value is -2.76. The predicted octanol–water partition coefficient (Wildman–Crippen LogP) is 5.96. The molecule has 4 rings (SSSR count). The summed E-state index contributed by atoms with van der Waals surface area (Å²) in [6.45, 7) is 9.47. The fraction of sp³-hybridized carbons (Fsp3) is 0.292. The Morgan fingerprint density at radius 3 is 2.47 bits per heavy atom. The summed E-state index contributed by atoms with van der Waals surface area (Å²) >= 11 is 6.15. The van der Waals surface area contributed by atoms with E-state index in [-0.39, 0.29) is 5.78 Å². The number of carbonyl (C=O) groups is 1. The van der Waals surface area contributed by atoms with Crippen LogP contribution in [0.3, 0.4) is 0 Å². The molecule has 0 saturated heterocycles. The lowest BCUT2D eigenvalue weighted by Gasteiger charge is -2.29. The number of ether oxygens (including phenoxy) is 1. The molecule has 0 aliphatic heterocycles. The molecule has 1 atom stereocenters. The van der Waals surface area contributed by atoms with Crippen LogP contribution >= 0.6 is 11.6 Å². The van der Waals surface area contributed by atoms with Gasteiger partial charge < -0.3 is 4.74 Å². The van der Waals surface area contributed by atoms with Crippen LogP contribution in [0.5, 0.6) is 0 Å². The van der Waals surface area contributed by atoms with Gasteiger partial charge in [-0.25, -0.2) is 0 Å². The molecule has 2 aromatic carbocycles. The Kier molecular flexibility index (Phi) is 5.12. The van der Waals surface area contributed by atoms with E-state index in [0.717, 1.165) is 38.8 Å². The Balaban J connectivity index is 2.11. The third-order valence-corrected chi connectivity index (χ3v) is 5.31. The van der Waals surface area contributed by atoms with E-state index in [1.807, 2.05) is 68.5 Å². The number of fused-ring (bicyclic) bond motifs is 3. The van der Waals surface area contributed by atoms with Crippen LogP contribution < -0.4 is 0 Å². The van der Waals surface area contributed by atoms with E-state index in [1.54, 1.807) is 13.3 Å². The second kappa shape index (κ2) is 7.49. The molecule has 0 amide bonds. The second-order valence-electron chi connectivity index (χ2n) is 8.54. The number of halogens is 1. The highest BCUT2D eigenvalue weighted by molar-refractivity contribution is 6.30. The Morgan fingerprint density at radius 1 is 1.13 bits per heavy atom. The van der Waals surface area contributed by atoms with Crippen molar-refractivity contribution >= 4 is 33.9 Å². The highest BCUT2D eigenvalue weighted by atomic mass is 35.5. The summed E-state index contributed by atoms with van der Waals surface area (Å²) in [6.07, 6.45) is 1.02. The number of Topliss-reactive ketones (excluding diaryl/α,β-unsaturated/α-hetero) is 1. The summed E-state index contributed by atoms with van der Waals surface area (Å²) in [5, 5.41) is 9.86. The van der Waals surface area contributed by atoms with Crippen molar-refractivity contribution in [3.8, 4) is 11.1 Å². The van der Waals surface area contributed by atoms with Crippen LogP contribution in [-0.4, -0.2) is 26.0 Å². The maximum absolute atomic E-state index is 12.7. The van der Waals surface area contributed by atoms with Crippen molar-refractivity contribution in [3.63, 3.8) is 0 Å². The molecule has 0 aliphatic carbocycles. The standard InChI is InChI=1S/C24H24ClN3O2/c1-14-12-19-18(10-11-20-27-26-13-28(19)20)22(16-6-8-17(25)9-7-16)21(14)23(15(2)29)30-24(3,4)5/h6-13,23H,1-5H3/t23-/m1/s1.